The number of amides is 1. The van der Waals surface area contributed by atoms with E-state index in [-0.39, 0.29) is 11.3 Å². The van der Waals surface area contributed by atoms with Crippen LogP contribution in [0.3, 0.4) is 0 Å². The Balaban J connectivity index is 1.97. The van der Waals surface area contributed by atoms with Crippen molar-refractivity contribution in [2.24, 2.45) is 0 Å². The molecule has 0 aliphatic rings. The van der Waals surface area contributed by atoms with Crippen molar-refractivity contribution in [3.8, 4) is 17.1 Å². The maximum Gasteiger partial charge on any atom is 0.224 e. The number of carbonyl (C=O) groups excluding carboxylic acids is 1. The molecule has 1 aromatic heterocycles. The van der Waals surface area contributed by atoms with Crippen molar-refractivity contribution >= 4 is 22.6 Å². The molecule has 1 N–H and O–H groups in total. The summed E-state index contributed by atoms with van der Waals surface area (Å²) in [5.74, 6) is 1.16. The van der Waals surface area contributed by atoms with Gasteiger partial charge in [-0.05, 0) is 49.4 Å². The van der Waals surface area contributed by atoms with E-state index in [0.717, 1.165) is 11.3 Å². The van der Waals surface area contributed by atoms with Crippen LogP contribution < -0.4 is 15.5 Å². The van der Waals surface area contributed by atoms with Gasteiger partial charge in [0.05, 0.1) is 12.0 Å². The predicted octanol–water partition coefficient (Wildman–Crippen LogP) is 4.21. The Labute approximate surface area is 145 Å². The van der Waals surface area contributed by atoms with Crippen LogP contribution in [0.1, 0.15) is 20.3 Å². The Morgan fingerprint density at radius 2 is 1.84 bits per heavy atom. The first-order valence-corrected chi connectivity index (χ1v) is 8.21. The number of hydrogen-bond donors (Lipinski definition) is 1. The van der Waals surface area contributed by atoms with Gasteiger partial charge in [0.15, 0.2) is 5.43 Å². The molecule has 0 saturated heterocycles. The molecule has 1 amide bonds. The topological polar surface area (TPSA) is 68.5 Å². The standard InChI is InChI=1S/C20H19NO4/c1-3-20(23)21-14-7-10-18-16(11-14)17(22)12-19(25-18)13-5-8-15(9-6-13)24-4-2/h5-12H,3-4H2,1-2H3,(H,21,23). The molecule has 2 aromatic carbocycles. The van der Waals surface area contributed by atoms with Crippen molar-refractivity contribution in [2.75, 3.05) is 11.9 Å². The Morgan fingerprint density at radius 1 is 1.08 bits per heavy atom. The van der Waals surface area contributed by atoms with Crippen molar-refractivity contribution < 1.29 is 13.9 Å². The second kappa shape index (κ2) is 7.21. The first-order chi connectivity index (χ1) is 12.1. The van der Waals surface area contributed by atoms with E-state index in [1.165, 1.54) is 6.07 Å². The molecule has 0 aliphatic carbocycles. The van der Waals surface area contributed by atoms with Crippen LogP contribution in [-0.4, -0.2) is 12.5 Å². The lowest BCUT2D eigenvalue weighted by Gasteiger charge is -2.07. The Bertz CT molecular complexity index is 958. The number of rotatable bonds is 5. The van der Waals surface area contributed by atoms with Crippen molar-refractivity contribution in [3.63, 3.8) is 0 Å². The molecular formula is C20H19NO4. The highest BCUT2D eigenvalue weighted by Gasteiger charge is 2.09. The Morgan fingerprint density at radius 3 is 2.52 bits per heavy atom. The molecule has 0 atom stereocenters. The van der Waals surface area contributed by atoms with Gasteiger partial charge in [-0.2, -0.15) is 0 Å². The normalized spacial score (nSPS) is 10.6. The molecule has 0 fully saturated rings. The van der Waals surface area contributed by atoms with E-state index < -0.39 is 0 Å². The summed E-state index contributed by atoms with van der Waals surface area (Å²) >= 11 is 0. The van der Waals surface area contributed by atoms with E-state index in [1.54, 1.807) is 25.1 Å². The Hall–Kier alpha value is -3.08. The van der Waals surface area contributed by atoms with E-state index in [0.29, 0.717) is 35.4 Å². The number of nitrogens with one attached hydrogen (secondary N) is 1. The van der Waals surface area contributed by atoms with Gasteiger partial charge in [0.1, 0.15) is 17.1 Å². The van der Waals surface area contributed by atoms with Crippen molar-refractivity contribution in [3.05, 3.63) is 58.8 Å². The lowest BCUT2D eigenvalue weighted by Crippen LogP contribution is -2.10. The summed E-state index contributed by atoms with van der Waals surface area (Å²) in [6.45, 7) is 4.29. The predicted molar refractivity (Wildman–Crippen MR) is 98.0 cm³/mol. The third-order valence-electron chi connectivity index (χ3n) is 3.78. The monoisotopic (exact) mass is 337 g/mol. The van der Waals surface area contributed by atoms with Gasteiger partial charge in [-0.15, -0.1) is 0 Å². The second-order valence-corrected chi connectivity index (χ2v) is 5.54. The molecule has 0 radical (unpaired) electrons. The average molecular weight is 337 g/mol. The molecule has 0 bridgehead atoms. The zero-order chi connectivity index (χ0) is 17.8. The van der Waals surface area contributed by atoms with Crippen LogP contribution in [0.25, 0.3) is 22.3 Å². The molecule has 0 unspecified atom stereocenters. The van der Waals surface area contributed by atoms with Gasteiger partial charge >= 0.3 is 0 Å². The average Bonchev–Trinajstić information content (AvgIpc) is 2.63. The fourth-order valence-corrected chi connectivity index (χ4v) is 2.51. The smallest absolute Gasteiger partial charge is 0.224 e. The first-order valence-electron chi connectivity index (χ1n) is 8.21. The molecule has 0 aliphatic heterocycles. The van der Waals surface area contributed by atoms with Gasteiger partial charge in [-0.25, -0.2) is 0 Å². The summed E-state index contributed by atoms with van der Waals surface area (Å²) in [6, 6.07) is 13.9. The van der Waals surface area contributed by atoms with Gasteiger partial charge in [0.2, 0.25) is 5.91 Å². The zero-order valence-corrected chi connectivity index (χ0v) is 14.2. The minimum absolute atomic E-state index is 0.102. The van der Waals surface area contributed by atoms with Gasteiger partial charge in [0.25, 0.3) is 0 Å². The number of anilines is 1. The third kappa shape index (κ3) is 3.71. The fourth-order valence-electron chi connectivity index (χ4n) is 2.51. The van der Waals surface area contributed by atoms with Crippen LogP contribution in [0, 0.1) is 0 Å². The van der Waals surface area contributed by atoms with Gasteiger partial charge < -0.3 is 14.5 Å². The molecule has 3 aromatic rings. The zero-order valence-electron chi connectivity index (χ0n) is 14.2. The molecule has 5 heteroatoms. The van der Waals surface area contributed by atoms with Crippen LogP contribution in [0.15, 0.2) is 57.7 Å². The highest BCUT2D eigenvalue weighted by atomic mass is 16.5. The Kier molecular flexibility index (Phi) is 4.84. The number of fused-ring (bicyclic) bond motifs is 1. The molecular weight excluding hydrogens is 318 g/mol. The number of hydrogen-bond acceptors (Lipinski definition) is 4. The van der Waals surface area contributed by atoms with E-state index >= 15 is 0 Å². The maximum absolute atomic E-state index is 12.5. The number of ether oxygens (including phenoxy) is 1. The fraction of sp³-hybridized carbons (Fsp3) is 0.200. The number of benzene rings is 2. The second-order valence-electron chi connectivity index (χ2n) is 5.54. The summed E-state index contributed by atoms with van der Waals surface area (Å²) < 4.78 is 11.3. The van der Waals surface area contributed by atoms with Crippen LogP contribution in [0.5, 0.6) is 5.75 Å². The van der Waals surface area contributed by atoms with Crippen LogP contribution in [0.4, 0.5) is 5.69 Å². The first kappa shape index (κ1) is 16.8. The SMILES string of the molecule is CCOc1ccc(-c2cc(=O)c3cc(NC(=O)CC)ccc3o2)cc1. The molecule has 3 rings (SSSR count). The molecule has 5 nitrogen and oxygen atoms in total. The van der Waals surface area contributed by atoms with Crippen molar-refractivity contribution in [1.82, 2.24) is 0 Å². The highest BCUT2D eigenvalue weighted by molar-refractivity contribution is 5.93. The van der Waals surface area contributed by atoms with E-state index in [9.17, 15) is 9.59 Å². The van der Waals surface area contributed by atoms with E-state index in [4.69, 9.17) is 9.15 Å². The summed E-state index contributed by atoms with van der Waals surface area (Å²) in [4.78, 5) is 23.9. The van der Waals surface area contributed by atoms with Crippen LogP contribution in [0.2, 0.25) is 0 Å². The lowest BCUT2D eigenvalue weighted by atomic mass is 10.1. The summed E-state index contributed by atoms with van der Waals surface area (Å²) in [5.41, 5.74) is 1.70. The minimum atomic E-state index is -0.155. The van der Waals surface area contributed by atoms with Gasteiger partial charge in [-0.1, -0.05) is 6.92 Å². The highest BCUT2D eigenvalue weighted by Crippen LogP contribution is 2.25. The van der Waals surface area contributed by atoms with Crippen LogP contribution in [-0.2, 0) is 4.79 Å². The van der Waals surface area contributed by atoms with E-state index in [2.05, 4.69) is 5.32 Å². The lowest BCUT2D eigenvalue weighted by molar-refractivity contribution is -0.115. The van der Waals surface area contributed by atoms with Crippen molar-refractivity contribution in [2.45, 2.75) is 20.3 Å². The minimum Gasteiger partial charge on any atom is -0.494 e. The summed E-state index contributed by atoms with van der Waals surface area (Å²) in [5, 5.41) is 3.18. The molecule has 0 spiro atoms. The molecule has 25 heavy (non-hydrogen) atoms. The quantitative estimate of drug-likeness (QED) is 0.757. The maximum atomic E-state index is 12.5. The summed E-state index contributed by atoms with van der Waals surface area (Å²) in [7, 11) is 0. The van der Waals surface area contributed by atoms with Gasteiger partial charge in [-0.3, -0.25) is 9.59 Å². The molecule has 0 saturated carbocycles. The van der Waals surface area contributed by atoms with Crippen LogP contribution >= 0.6 is 0 Å². The third-order valence-corrected chi connectivity index (χ3v) is 3.78. The summed E-state index contributed by atoms with van der Waals surface area (Å²) in [6.07, 6.45) is 0.378. The molecule has 128 valence electrons. The van der Waals surface area contributed by atoms with Crippen molar-refractivity contribution in [1.29, 1.82) is 0 Å². The molecule has 1 heterocycles. The van der Waals surface area contributed by atoms with E-state index in [1.807, 2.05) is 31.2 Å². The largest absolute Gasteiger partial charge is 0.494 e. The van der Waals surface area contributed by atoms with Gasteiger partial charge in [0, 0.05) is 23.7 Å². The number of carbonyl (C=O) groups is 1.